The maximum atomic E-state index is 11.4. The molecular weight excluding hydrogens is 200 g/mol. The van der Waals surface area contributed by atoms with Crippen molar-refractivity contribution in [2.75, 3.05) is 0 Å². The van der Waals surface area contributed by atoms with Gasteiger partial charge in [-0.1, -0.05) is 29.8 Å². The number of rotatable bonds is 3. The fraction of sp³-hybridized carbons (Fsp3) is 0.385. The van der Waals surface area contributed by atoms with Crippen molar-refractivity contribution in [3.05, 3.63) is 35.4 Å². The number of aryl methyl sites for hydroxylation is 1. The summed E-state index contributed by atoms with van der Waals surface area (Å²) < 4.78 is 0. The maximum Gasteiger partial charge on any atom is 0.243 e. The lowest BCUT2D eigenvalue weighted by Crippen LogP contribution is -2.20. The van der Waals surface area contributed by atoms with E-state index in [9.17, 15) is 4.79 Å². The van der Waals surface area contributed by atoms with Crippen LogP contribution in [0.5, 0.6) is 0 Å². The Morgan fingerprint density at radius 3 is 2.50 bits per heavy atom. The van der Waals surface area contributed by atoms with Gasteiger partial charge >= 0.3 is 0 Å². The number of carbonyl (C=O) groups is 1. The zero-order chi connectivity index (χ0) is 11.5. The molecule has 1 aliphatic carbocycles. The second-order valence-electron chi connectivity index (χ2n) is 4.31. The lowest BCUT2D eigenvalue weighted by atomic mass is 10.1. The average molecular weight is 216 g/mol. The first-order valence-corrected chi connectivity index (χ1v) is 5.58. The largest absolute Gasteiger partial charge is 0.273 e. The number of hydrogen-bond donors (Lipinski definition) is 1. The molecule has 84 valence electrons. The Morgan fingerprint density at radius 1 is 1.31 bits per heavy atom. The molecular formula is C13H16N2O. The van der Waals surface area contributed by atoms with Crippen molar-refractivity contribution in [2.45, 2.75) is 26.7 Å². The predicted octanol–water partition coefficient (Wildman–Crippen LogP) is 2.25. The van der Waals surface area contributed by atoms with E-state index in [4.69, 9.17) is 0 Å². The monoisotopic (exact) mass is 216 g/mol. The van der Waals surface area contributed by atoms with Gasteiger partial charge < -0.3 is 0 Å². The number of nitrogens with one attached hydrogen (secondary N) is 1. The molecule has 0 aromatic heterocycles. The van der Waals surface area contributed by atoms with Crippen LogP contribution in [0.2, 0.25) is 0 Å². The Morgan fingerprint density at radius 2 is 1.94 bits per heavy atom. The molecule has 1 amide bonds. The van der Waals surface area contributed by atoms with E-state index in [2.05, 4.69) is 10.5 Å². The molecule has 2 rings (SSSR count). The topological polar surface area (TPSA) is 41.5 Å². The molecule has 0 aliphatic heterocycles. The van der Waals surface area contributed by atoms with Crippen LogP contribution >= 0.6 is 0 Å². The van der Waals surface area contributed by atoms with Crippen LogP contribution in [-0.4, -0.2) is 11.6 Å². The number of nitrogens with zero attached hydrogens (tertiary/aromatic N) is 1. The number of hydrogen-bond acceptors (Lipinski definition) is 2. The SMILES string of the molecule is C/C(=N/NC(=O)C1CC1)c1ccc(C)cc1. The number of carbonyl (C=O) groups excluding carboxylic acids is 1. The molecule has 3 nitrogen and oxygen atoms in total. The van der Waals surface area contributed by atoms with Crippen LogP contribution in [-0.2, 0) is 4.79 Å². The summed E-state index contributed by atoms with van der Waals surface area (Å²) in [6.45, 7) is 3.95. The fourth-order valence-corrected chi connectivity index (χ4v) is 1.44. The van der Waals surface area contributed by atoms with Crippen LogP contribution in [0.25, 0.3) is 0 Å². The normalized spacial score (nSPS) is 16.0. The van der Waals surface area contributed by atoms with Gasteiger partial charge in [-0.05, 0) is 32.3 Å². The molecule has 3 heteroatoms. The van der Waals surface area contributed by atoms with Gasteiger partial charge in [0, 0.05) is 5.92 Å². The second-order valence-corrected chi connectivity index (χ2v) is 4.31. The minimum atomic E-state index is 0.0476. The average Bonchev–Trinajstić information content (AvgIpc) is 3.10. The third kappa shape index (κ3) is 2.69. The Labute approximate surface area is 95.6 Å². The summed E-state index contributed by atoms with van der Waals surface area (Å²) in [5, 5.41) is 4.10. The molecule has 16 heavy (non-hydrogen) atoms. The zero-order valence-electron chi connectivity index (χ0n) is 9.66. The highest BCUT2D eigenvalue weighted by Crippen LogP contribution is 2.28. The van der Waals surface area contributed by atoms with Gasteiger partial charge in [-0.15, -0.1) is 0 Å². The number of benzene rings is 1. The van der Waals surface area contributed by atoms with E-state index < -0.39 is 0 Å². The summed E-state index contributed by atoms with van der Waals surface area (Å²) in [6.07, 6.45) is 2.01. The molecule has 0 saturated heterocycles. The van der Waals surface area contributed by atoms with Gasteiger partial charge in [-0.25, -0.2) is 5.43 Å². The van der Waals surface area contributed by atoms with E-state index >= 15 is 0 Å². The first-order chi connectivity index (χ1) is 7.66. The highest BCUT2D eigenvalue weighted by molar-refractivity contribution is 5.99. The van der Waals surface area contributed by atoms with Crippen LogP contribution in [0.1, 0.15) is 30.9 Å². The van der Waals surface area contributed by atoms with E-state index in [0.717, 1.165) is 24.1 Å². The van der Waals surface area contributed by atoms with Gasteiger partial charge in [0.1, 0.15) is 0 Å². The molecule has 1 aromatic rings. The highest BCUT2D eigenvalue weighted by atomic mass is 16.2. The van der Waals surface area contributed by atoms with Crippen molar-refractivity contribution >= 4 is 11.6 Å². The van der Waals surface area contributed by atoms with Gasteiger partial charge in [0.25, 0.3) is 0 Å². The van der Waals surface area contributed by atoms with Crippen molar-refractivity contribution in [3.8, 4) is 0 Å². The lowest BCUT2D eigenvalue weighted by molar-refractivity contribution is -0.122. The Kier molecular flexibility index (Phi) is 3.04. The van der Waals surface area contributed by atoms with Gasteiger partial charge in [-0.2, -0.15) is 5.10 Å². The standard InChI is InChI=1S/C13H16N2O/c1-9-3-5-11(6-4-9)10(2)14-15-13(16)12-7-8-12/h3-6,12H,7-8H2,1-2H3,(H,15,16)/b14-10-. The van der Waals surface area contributed by atoms with Crippen LogP contribution < -0.4 is 5.43 Å². The molecule has 1 aromatic carbocycles. The summed E-state index contributed by atoms with van der Waals surface area (Å²) in [5.41, 5.74) is 5.71. The summed E-state index contributed by atoms with van der Waals surface area (Å²) in [4.78, 5) is 11.4. The molecule has 1 N–H and O–H groups in total. The predicted molar refractivity (Wildman–Crippen MR) is 64.3 cm³/mol. The zero-order valence-corrected chi connectivity index (χ0v) is 9.66. The van der Waals surface area contributed by atoms with Crippen LogP contribution in [0, 0.1) is 12.8 Å². The van der Waals surface area contributed by atoms with Crippen molar-refractivity contribution in [1.29, 1.82) is 0 Å². The smallest absolute Gasteiger partial charge is 0.243 e. The van der Waals surface area contributed by atoms with E-state index in [1.807, 2.05) is 38.1 Å². The molecule has 0 spiro atoms. The molecule has 0 unspecified atom stereocenters. The Bertz CT molecular complexity index is 416. The van der Waals surface area contributed by atoms with Gasteiger partial charge in [0.2, 0.25) is 5.91 Å². The summed E-state index contributed by atoms with van der Waals surface area (Å²) in [6, 6.07) is 8.10. The van der Waals surface area contributed by atoms with E-state index in [1.165, 1.54) is 5.56 Å². The fourth-order valence-electron chi connectivity index (χ4n) is 1.44. The van der Waals surface area contributed by atoms with Crippen LogP contribution in [0.15, 0.2) is 29.4 Å². The van der Waals surface area contributed by atoms with Crippen molar-refractivity contribution < 1.29 is 4.79 Å². The van der Waals surface area contributed by atoms with Gasteiger partial charge in [-0.3, -0.25) is 4.79 Å². The molecule has 1 fully saturated rings. The summed E-state index contributed by atoms with van der Waals surface area (Å²) in [5.74, 6) is 0.251. The molecule has 0 atom stereocenters. The van der Waals surface area contributed by atoms with Crippen LogP contribution in [0.3, 0.4) is 0 Å². The minimum Gasteiger partial charge on any atom is -0.273 e. The van der Waals surface area contributed by atoms with Crippen molar-refractivity contribution in [2.24, 2.45) is 11.0 Å². The number of hydrazone groups is 1. The van der Waals surface area contributed by atoms with Gasteiger partial charge in [0.05, 0.1) is 5.71 Å². The quantitative estimate of drug-likeness (QED) is 0.611. The Hall–Kier alpha value is -1.64. The van der Waals surface area contributed by atoms with Gasteiger partial charge in [0.15, 0.2) is 0 Å². The third-order valence-electron chi connectivity index (χ3n) is 2.75. The molecule has 0 heterocycles. The van der Waals surface area contributed by atoms with E-state index in [-0.39, 0.29) is 11.8 Å². The van der Waals surface area contributed by atoms with Crippen molar-refractivity contribution in [3.63, 3.8) is 0 Å². The molecule has 0 bridgehead atoms. The lowest BCUT2D eigenvalue weighted by Gasteiger charge is -2.02. The molecule has 0 radical (unpaired) electrons. The molecule has 1 aliphatic rings. The summed E-state index contributed by atoms with van der Waals surface area (Å²) in [7, 11) is 0. The maximum absolute atomic E-state index is 11.4. The third-order valence-corrected chi connectivity index (χ3v) is 2.75. The number of amides is 1. The first-order valence-electron chi connectivity index (χ1n) is 5.58. The summed E-state index contributed by atoms with van der Waals surface area (Å²) >= 11 is 0. The van der Waals surface area contributed by atoms with Crippen molar-refractivity contribution in [1.82, 2.24) is 5.43 Å². The van der Waals surface area contributed by atoms with Crippen LogP contribution in [0.4, 0.5) is 0 Å². The highest BCUT2D eigenvalue weighted by Gasteiger charge is 2.29. The Balaban J connectivity index is 2.00. The molecule has 1 saturated carbocycles. The first kappa shape index (κ1) is 10.9. The van der Waals surface area contributed by atoms with E-state index in [0.29, 0.717) is 0 Å². The second kappa shape index (κ2) is 4.47. The van der Waals surface area contributed by atoms with E-state index in [1.54, 1.807) is 0 Å². The minimum absolute atomic E-state index is 0.0476.